The molecule has 1 aromatic heterocycles. The summed E-state index contributed by atoms with van der Waals surface area (Å²) in [7, 11) is 1.35. The zero-order valence-electron chi connectivity index (χ0n) is 10.00. The minimum absolute atomic E-state index is 0.343. The van der Waals surface area contributed by atoms with E-state index in [2.05, 4.69) is 21.9 Å². The standard InChI is InChI=1S/C14H13NO2S/c1-17-14(16)12-8-5-9-13(15-12)18-10-11-6-3-2-4-7-11/h2-9H,10H2,1H3. The lowest BCUT2D eigenvalue weighted by atomic mass is 10.2. The Morgan fingerprint density at radius 1 is 1.17 bits per heavy atom. The molecule has 0 radical (unpaired) electrons. The molecule has 4 heteroatoms. The van der Waals surface area contributed by atoms with Gasteiger partial charge in [0.2, 0.25) is 0 Å². The summed E-state index contributed by atoms with van der Waals surface area (Å²) in [6.07, 6.45) is 0. The Morgan fingerprint density at radius 3 is 2.67 bits per heavy atom. The lowest BCUT2D eigenvalue weighted by Crippen LogP contribution is -2.04. The summed E-state index contributed by atoms with van der Waals surface area (Å²) in [5.41, 5.74) is 1.57. The lowest BCUT2D eigenvalue weighted by molar-refractivity contribution is 0.0593. The van der Waals surface area contributed by atoms with Gasteiger partial charge in [-0.1, -0.05) is 36.4 Å². The molecule has 18 heavy (non-hydrogen) atoms. The molecule has 0 N–H and O–H groups in total. The lowest BCUT2D eigenvalue weighted by Gasteiger charge is -2.03. The Morgan fingerprint density at radius 2 is 1.94 bits per heavy atom. The SMILES string of the molecule is COC(=O)c1cccc(SCc2ccccc2)n1. The summed E-state index contributed by atoms with van der Waals surface area (Å²) in [6.45, 7) is 0. The van der Waals surface area contributed by atoms with Gasteiger partial charge in [-0.3, -0.25) is 0 Å². The Kier molecular flexibility index (Phi) is 4.36. The molecule has 0 atom stereocenters. The van der Waals surface area contributed by atoms with Gasteiger partial charge in [0.15, 0.2) is 0 Å². The summed E-state index contributed by atoms with van der Waals surface area (Å²) >= 11 is 1.60. The molecule has 3 nitrogen and oxygen atoms in total. The van der Waals surface area contributed by atoms with E-state index in [1.807, 2.05) is 30.3 Å². The molecule has 0 bridgehead atoms. The van der Waals surface area contributed by atoms with Gasteiger partial charge in [0.05, 0.1) is 12.1 Å². The first-order valence-electron chi connectivity index (χ1n) is 5.51. The fraction of sp³-hybridized carbons (Fsp3) is 0.143. The van der Waals surface area contributed by atoms with Crippen molar-refractivity contribution in [1.29, 1.82) is 0 Å². The molecule has 0 aliphatic carbocycles. The molecular weight excluding hydrogens is 246 g/mol. The molecule has 1 heterocycles. The molecule has 92 valence electrons. The normalized spacial score (nSPS) is 10.1. The summed E-state index contributed by atoms with van der Waals surface area (Å²) in [5, 5.41) is 0.821. The van der Waals surface area contributed by atoms with Crippen molar-refractivity contribution in [3.05, 3.63) is 59.8 Å². The van der Waals surface area contributed by atoms with E-state index in [1.165, 1.54) is 12.7 Å². The van der Waals surface area contributed by atoms with Gasteiger partial charge < -0.3 is 4.74 Å². The molecule has 2 rings (SSSR count). The van der Waals surface area contributed by atoms with Crippen molar-refractivity contribution >= 4 is 17.7 Å². The van der Waals surface area contributed by atoms with Crippen molar-refractivity contribution in [1.82, 2.24) is 4.98 Å². The van der Waals surface area contributed by atoms with Crippen LogP contribution in [0.25, 0.3) is 0 Å². The van der Waals surface area contributed by atoms with Crippen LogP contribution >= 0.6 is 11.8 Å². The van der Waals surface area contributed by atoms with Crippen molar-refractivity contribution in [2.24, 2.45) is 0 Å². The molecule has 0 saturated heterocycles. The van der Waals surface area contributed by atoms with E-state index in [1.54, 1.807) is 17.8 Å². The molecule has 0 unspecified atom stereocenters. The molecule has 2 aromatic rings. The van der Waals surface area contributed by atoms with Crippen LogP contribution < -0.4 is 0 Å². The van der Waals surface area contributed by atoms with Gasteiger partial charge in [-0.2, -0.15) is 0 Å². The monoisotopic (exact) mass is 259 g/mol. The van der Waals surface area contributed by atoms with Crippen LogP contribution in [-0.4, -0.2) is 18.1 Å². The van der Waals surface area contributed by atoms with Crippen LogP contribution in [0.15, 0.2) is 53.6 Å². The van der Waals surface area contributed by atoms with Gasteiger partial charge in [0.1, 0.15) is 5.69 Å². The highest BCUT2D eigenvalue weighted by Gasteiger charge is 2.07. The largest absolute Gasteiger partial charge is 0.464 e. The molecular formula is C14H13NO2S. The third-order valence-electron chi connectivity index (χ3n) is 2.35. The van der Waals surface area contributed by atoms with Gasteiger partial charge in [-0.05, 0) is 17.7 Å². The van der Waals surface area contributed by atoms with Crippen LogP contribution in [0.4, 0.5) is 0 Å². The topological polar surface area (TPSA) is 39.2 Å². The predicted octanol–water partition coefficient (Wildman–Crippen LogP) is 3.16. The number of nitrogens with zero attached hydrogens (tertiary/aromatic N) is 1. The minimum Gasteiger partial charge on any atom is -0.464 e. The summed E-state index contributed by atoms with van der Waals surface area (Å²) < 4.78 is 4.64. The molecule has 0 saturated carbocycles. The zero-order valence-corrected chi connectivity index (χ0v) is 10.8. The molecule has 0 aliphatic heterocycles. The van der Waals surface area contributed by atoms with Crippen LogP contribution in [-0.2, 0) is 10.5 Å². The molecule has 0 fully saturated rings. The quantitative estimate of drug-likeness (QED) is 0.624. The van der Waals surface area contributed by atoms with E-state index in [0.717, 1.165) is 10.8 Å². The average Bonchev–Trinajstić information content (AvgIpc) is 2.45. The summed E-state index contributed by atoms with van der Waals surface area (Å²) in [5.74, 6) is 0.426. The van der Waals surface area contributed by atoms with Crippen molar-refractivity contribution < 1.29 is 9.53 Å². The Labute approximate surface area is 110 Å². The number of aromatic nitrogens is 1. The van der Waals surface area contributed by atoms with E-state index in [0.29, 0.717) is 5.69 Å². The van der Waals surface area contributed by atoms with E-state index in [9.17, 15) is 4.79 Å². The van der Waals surface area contributed by atoms with E-state index in [4.69, 9.17) is 0 Å². The second kappa shape index (κ2) is 6.21. The summed E-state index contributed by atoms with van der Waals surface area (Å²) in [6, 6.07) is 15.5. The first-order valence-corrected chi connectivity index (χ1v) is 6.50. The fourth-order valence-electron chi connectivity index (χ4n) is 1.44. The van der Waals surface area contributed by atoms with E-state index >= 15 is 0 Å². The zero-order chi connectivity index (χ0) is 12.8. The van der Waals surface area contributed by atoms with Crippen LogP contribution in [0, 0.1) is 0 Å². The van der Waals surface area contributed by atoms with Crippen molar-refractivity contribution in [3.63, 3.8) is 0 Å². The Balaban J connectivity index is 2.04. The number of benzene rings is 1. The van der Waals surface area contributed by atoms with Crippen LogP contribution in [0.1, 0.15) is 16.1 Å². The number of ether oxygens (including phenoxy) is 1. The average molecular weight is 259 g/mol. The second-order valence-corrected chi connectivity index (χ2v) is 4.62. The number of carbonyl (C=O) groups excluding carboxylic acids is 1. The van der Waals surface area contributed by atoms with Gasteiger partial charge >= 0.3 is 5.97 Å². The van der Waals surface area contributed by atoms with Crippen molar-refractivity contribution in [3.8, 4) is 0 Å². The van der Waals surface area contributed by atoms with Gasteiger partial charge in [-0.25, -0.2) is 9.78 Å². The number of esters is 1. The van der Waals surface area contributed by atoms with Crippen LogP contribution in [0.3, 0.4) is 0 Å². The Bertz CT molecular complexity index is 528. The molecule has 0 aliphatic rings. The third-order valence-corrected chi connectivity index (χ3v) is 3.35. The number of pyridine rings is 1. The van der Waals surface area contributed by atoms with Crippen LogP contribution in [0.5, 0.6) is 0 Å². The number of carbonyl (C=O) groups is 1. The first kappa shape index (κ1) is 12.6. The predicted molar refractivity (Wildman–Crippen MR) is 71.6 cm³/mol. The van der Waals surface area contributed by atoms with Gasteiger partial charge in [-0.15, -0.1) is 11.8 Å². The second-order valence-electron chi connectivity index (χ2n) is 3.63. The first-order chi connectivity index (χ1) is 8.79. The highest BCUT2D eigenvalue weighted by molar-refractivity contribution is 7.98. The minimum atomic E-state index is -0.405. The highest BCUT2D eigenvalue weighted by Crippen LogP contribution is 2.20. The van der Waals surface area contributed by atoms with Crippen molar-refractivity contribution in [2.75, 3.05) is 7.11 Å². The maximum atomic E-state index is 11.3. The van der Waals surface area contributed by atoms with Gasteiger partial charge in [0.25, 0.3) is 0 Å². The fourth-order valence-corrected chi connectivity index (χ4v) is 2.29. The highest BCUT2D eigenvalue weighted by atomic mass is 32.2. The third kappa shape index (κ3) is 3.34. The Hall–Kier alpha value is -1.81. The maximum absolute atomic E-state index is 11.3. The smallest absolute Gasteiger partial charge is 0.356 e. The van der Waals surface area contributed by atoms with E-state index in [-0.39, 0.29) is 0 Å². The number of methoxy groups -OCH3 is 1. The number of hydrogen-bond donors (Lipinski definition) is 0. The van der Waals surface area contributed by atoms with Gasteiger partial charge in [0, 0.05) is 5.75 Å². The molecule has 1 aromatic carbocycles. The van der Waals surface area contributed by atoms with Crippen molar-refractivity contribution in [2.45, 2.75) is 10.8 Å². The number of hydrogen-bond acceptors (Lipinski definition) is 4. The molecule has 0 spiro atoms. The maximum Gasteiger partial charge on any atom is 0.356 e. The van der Waals surface area contributed by atoms with Crippen LogP contribution in [0.2, 0.25) is 0 Å². The molecule has 0 amide bonds. The number of thioether (sulfide) groups is 1. The summed E-state index contributed by atoms with van der Waals surface area (Å²) in [4.78, 5) is 15.6. The van der Waals surface area contributed by atoms with E-state index < -0.39 is 5.97 Å². The number of rotatable bonds is 4.